The first-order valence-corrected chi connectivity index (χ1v) is 11.8. The van der Waals surface area contributed by atoms with Gasteiger partial charge in [-0.2, -0.15) is 0 Å². The van der Waals surface area contributed by atoms with Crippen LogP contribution in [-0.2, 0) is 19.1 Å². The van der Waals surface area contributed by atoms with Crippen molar-refractivity contribution < 1.29 is 38.2 Å². The van der Waals surface area contributed by atoms with Gasteiger partial charge in [-0.25, -0.2) is 4.79 Å². The molecule has 1 unspecified atom stereocenters. The summed E-state index contributed by atoms with van der Waals surface area (Å²) < 4.78 is 15.3. The largest absolute Gasteiger partial charge is 0.497 e. The van der Waals surface area contributed by atoms with Crippen LogP contribution in [-0.4, -0.2) is 49.2 Å². The molecule has 9 nitrogen and oxygen atoms in total. The first-order chi connectivity index (χ1) is 18.3. The smallest absolute Gasteiger partial charge is 0.338 e. The molecule has 1 N–H and O–H groups in total. The van der Waals surface area contributed by atoms with Gasteiger partial charge in [0.2, 0.25) is 11.7 Å². The average molecular weight is 518 g/mol. The van der Waals surface area contributed by atoms with Crippen molar-refractivity contribution in [3.63, 3.8) is 0 Å². The average Bonchev–Trinajstić information content (AvgIpc) is 2.95. The van der Waals surface area contributed by atoms with E-state index in [0.29, 0.717) is 22.6 Å². The molecule has 1 atom stereocenters. The first-order valence-electron chi connectivity index (χ1n) is 11.8. The second-order valence-corrected chi connectivity index (χ2v) is 8.22. The van der Waals surface area contributed by atoms with Gasteiger partial charge in [-0.05, 0) is 55.5 Å². The highest BCUT2D eigenvalue weighted by Crippen LogP contribution is 2.16. The zero-order valence-electron chi connectivity index (χ0n) is 21.0. The van der Waals surface area contributed by atoms with Gasteiger partial charge in [0.1, 0.15) is 5.75 Å². The maximum Gasteiger partial charge on any atom is 0.338 e. The van der Waals surface area contributed by atoms with Crippen LogP contribution in [0.15, 0.2) is 78.9 Å². The molecule has 0 saturated carbocycles. The highest BCUT2D eigenvalue weighted by Gasteiger charge is 2.20. The van der Waals surface area contributed by atoms with Gasteiger partial charge in [0.05, 0.1) is 19.1 Å². The van der Waals surface area contributed by atoms with E-state index >= 15 is 0 Å². The molecule has 9 heteroatoms. The maximum absolute atomic E-state index is 12.5. The van der Waals surface area contributed by atoms with Crippen molar-refractivity contribution in [2.24, 2.45) is 0 Å². The lowest BCUT2D eigenvalue weighted by molar-refractivity contribution is -0.143. The first kappa shape index (κ1) is 27.8. The summed E-state index contributed by atoms with van der Waals surface area (Å²) in [6, 6.07) is 20.8. The van der Waals surface area contributed by atoms with E-state index in [4.69, 9.17) is 14.2 Å². The molecule has 3 aromatic rings. The third-order valence-electron chi connectivity index (χ3n) is 5.45. The third-order valence-corrected chi connectivity index (χ3v) is 5.45. The van der Waals surface area contributed by atoms with Gasteiger partial charge in [0, 0.05) is 23.2 Å². The topological polar surface area (TPSA) is 125 Å². The van der Waals surface area contributed by atoms with Crippen LogP contribution in [0.25, 0.3) is 0 Å². The van der Waals surface area contributed by atoms with Gasteiger partial charge in [0.25, 0.3) is 0 Å². The zero-order chi connectivity index (χ0) is 27.5. The van der Waals surface area contributed by atoms with Crippen molar-refractivity contribution in [2.75, 3.05) is 19.0 Å². The highest BCUT2D eigenvalue weighted by atomic mass is 16.5. The molecule has 38 heavy (non-hydrogen) atoms. The molecular weight excluding hydrogens is 490 g/mol. The summed E-state index contributed by atoms with van der Waals surface area (Å²) in [4.78, 5) is 61.0. The Morgan fingerprint density at radius 2 is 1.39 bits per heavy atom. The third kappa shape index (κ3) is 8.12. The Kier molecular flexibility index (Phi) is 9.87. The number of ether oxygens (including phenoxy) is 3. The fraction of sp³-hybridized carbons (Fsp3) is 0.207. The van der Waals surface area contributed by atoms with Crippen LogP contribution in [0, 0.1) is 0 Å². The number of Topliss-reactive ketones (excluding diaryl/α,β-unsaturated/α-hetero) is 2. The lowest BCUT2D eigenvalue weighted by atomic mass is 10.1. The Morgan fingerprint density at radius 3 is 2.03 bits per heavy atom. The minimum atomic E-state index is -1.00. The van der Waals surface area contributed by atoms with E-state index in [0.717, 1.165) is 0 Å². The molecule has 0 bridgehead atoms. The Bertz CT molecular complexity index is 1280. The molecule has 0 aliphatic carbocycles. The second-order valence-electron chi connectivity index (χ2n) is 8.22. The molecule has 0 spiro atoms. The predicted molar refractivity (Wildman–Crippen MR) is 138 cm³/mol. The van der Waals surface area contributed by atoms with Gasteiger partial charge < -0.3 is 19.5 Å². The number of esters is 2. The van der Waals surface area contributed by atoms with Crippen molar-refractivity contribution in [2.45, 2.75) is 25.9 Å². The summed E-state index contributed by atoms with van der Waals surface area (Å²) in [6.45, 7) is 1.09. The number of methoxy groups -OCH3 is 1. The Balaban J connectivity index is 1.42. The van der Waals surface area contributed by atoms with Crippen LogP contribution in [0.1, 0.15) is 50.8 Å². The van der Waals surface area contributed by atoms with Gasteiger partial charge in [-0.3, -0.25) is 19.2 Å². The summed E-state index contributed by atoms with van der Waals surface area (Å²) in [7, 11) is 1.52. The monoisotopic (exact) mass is 517 g/mol. The number of nitrogens with one attached hydrogen (secondary N) is 1. The summed E-state index contributed by atoms with van der Waals surface area (Å²) >= 11 is 0. The van der Waals surface area contributed by atoms with Crippen molar-refractivity contribution in [1.29, 1.82) is 0 Å². The van der Waals surface area contributed by atoms with Gasteiger partial charge in [0.15, 0.2) is 18.5 Å². The number of benzene rings is 3. The number of carbonyl (C=O) groups is 5. The standard InChI is InChI=1S/C29H27NO8/c1-19(28(34)21-10-14-24(36-2)15-11-21)38-29(35)22-8-12-23(13-9-22)30-26(32)16-17-27(33)37-18-25(31)20-6-4-3-5-7-20/h3-15,19H,16-18H2,1-2H3,(H,30,32). The molecule has 0 radical (unpaired) electrons. The molecular formula is C29H27NO8. The minimum absolute atomic E-state index is 0.146. The summed E-state index contributed by atoms with van der Waals surface area (Å²) in [6.07, 6.45) is -1.34. The van der Waals surface area contributed by atoms with E-state index in [2.05, 4.69) is 5.32 Å². The molecule has 0 aliphatic rings. The Hall–Kier alpha value is -4.79. The molecule has 3 aromatic carbocycles. The zero-order valence-corrected chi connectivity index (χ0v) is 21.0. The Labute approximate surface area is 219 Å². The number of carbonyl (C=O) groups excluding carboxylic acids is 5. The maximum atomic E-state index is 12.5. The van der Waals surface area contributed by atoms with Gasteiger partial charge >= 0.3 is 11.9 Å². The molecule has 0 fully saturated rings. The highest BCUT2D eigenvalue weighted by molar-refractivity contribution is 6.01. The van der Waals surface area contributed by atoms with Crippen LogP contribution >= 0.6 is 0 Å². The van der Waals surface area contributed by atoms with Crippen molar-refractivity contribution >= 4 is 35.1 Å². The van der Waals surface area contributed by atoms with E-state index in [-0.39, 0.29) is 30.0 Å². The SMILES string of the molecule is COc1ccc(C(=O)C(C)OC(=O)c2ccc(NC(=O)CCC(=O)OCC(=O)c3ccccc3)cc2)cc1. The van der Waals surface area contributed by atoms with Crippen molar-refractivity contribution in [1.82, 2.24) is 0 Å². The minimum Gasteiger partial charge on any atom is -0.497 e. The molecule has 0 aliphatic heterocycles. The van der Waals surface area contributed by atoms with Crippen LogP contribution in [0.3, 0.4) is 0 Å². The molecule has 3 rings (SSSR count). The fourth-order valence-corrected chi connectivity index (χ4v) is 3.33. The van der Waals surface area contributed by atoms with Gasteiger partial charge in [-0.1, -0.05) is 30.3 Å². The van der Waals surface area contributed by atoms with Crippen LogP contribution < -0.4 is 10.1 Å². The summed E-state index contributed by atoms with van der Waals surface area (Å²) in [5, 5.41) is 2.61. The number of amides is 1. The number of hydrogen-bond acceptors (Lipinski definition) is 8. The van der Waals surface area contributed by atoms with Crippen LogP contribution in [0.2, 0.25) is 0 Å². The van der Waals surface area contributed by atoms with E-state index < -0.39 is 30.6 Å². The normalized spacial score (nSPS) is 11.1. The number of ketones is 2. The van der Waals surface area contributed by atoms with Gasteiger partial charge in [-0.15, -0.1) is 0 Å². The molecule has 1 amide bonds. The molecule has 0 aromatic heterocycles. The predicted octanol–water partition coefficient (Wildman–Crippen LogP) is 4.27. The van der Waals surface area contributed by atoms with Crippen molar-refractivity contribution in [3.8, 4) is 5.75 Å². The van der Waals surface area contributed by atoms with E-state index in [9.17, 15) is 24.0 Å². The number of anilines is 1. The lowest BCUT2D eigenvalue weighted by Gasteiger charge is -2.13. The van der Waals surface area contributed by atoms with E-state index in [1.165, 1.54) is 38.3 Å². The second kappa shape index (κ2) is 13.5. The summed E-state index contributed by atoms with van der Waals surface area (Å²) in [5.41, 5.74) is 1.42. The van der Waals surface area contributed by atoms with Crippen molar-refractivity contribution in [3.05, 3.63) is 95.6 Å². The lowest BCUT2D eigenvalue weighted by Crippen LogP contribution is -2.24. The Morgan fingerprint density at radius 1 is 0.763 bits per heavy atom. The van der Waals surface area contributed by atoms with Crippen LogP contribution in [0.5, 0.6) is 5.75 Å². The molecule has 0 saturated heterocycles. The molecule has 0 heterocycles. The quantitative estimate of drug-likeness (QED) is 0.279. The molecule has 196 valence electrons. The summed E-state index contributed by atoms with van der Waals surface area (Å²) in [5.74, 6) is -1.88. The fourth-order valence-electron chi connectivity index (χ4n) is 3.33. The number of hydrogen-bond donors (Lipinski definition) is 1. The van der Waals surface area contributed by atoms with Crippen LogP contribution in [0.4, 0.5) is 5.69 Å². The number of rotatable bonds is 12. The van der Waals surface area contributed by atoms with E-state index in [1.54, 1.807) is 54.6 Å². The van der Waals surface area contributed by atoms with E-state index in [1.807, 2.05) is 0 Å².